The van der Waals surface area contributed by atoms with E-state index in [9.17, 15) is 17.6 Å². The number of halogens is 1. The summed E-state index contributed by atoms with van der Waals surface area (Å²) in [6.07, 6.45) is 0. The molecule has 0 spiro atoms. The quantitative estimate of drug-likeness (QED) is 0.669. The van der Waals surface area contributed by atoms with Crippen LogP contribution in [0, 0.1) is 5.82 Å². The summed E-state index contributed by atoms with van der Waals surface area (Å²) in [6, 6.07) is 12.0. The third-order valence-electron chi connectivity index (χ3n) is 4.42. The Hall–Kier alpha value is -2.29. The summed E-state index contributed by atoms with van der Waals surface area (Å²) in [5, 5.41) is 5.76. The van der Waals surface area contributed by atoms with Crippen molar-refractivity contribution in [1.82, 2.24) is 9.62 Å². The van der Waals surface area contributed by atoms with Gasteiger partial charge in [-0.25, -0.2) is 12.8 Å². The van der Waals surface area contributed by atoms with E-state index >= 15 is 0 Å². The van der Waals surface area contributed by atoms with Crippen molar-refractivity contribution >= 4 is 21.6 Å². The predicted octanol–water partition coefficient (Wildman–Crippen LogP) is 3.15. The van der Waals surface area contributed by atoms with Crippen molar-refractivity contribution in [3.63, 3.8) is 0 Å². The maximum Gasteiger partial charge on any atom is 0.243 e. The normalized spacial score (nSPS) is 12.8. The number of nitrogens with zero attached hydrogens (tertiary/aromatic N) is 1. The molecule has 2 N–H and O–H groups in total. The summed E-state index contributed by atoms with van der Waals surface area (Å²) >= 11 is 0. The molecule has 0 aliphatic heterocycles. The first-order valence-corrected chi connectivity index (χ1v) is 10.6. The van der Waals surface area contributed by atoms with Crippen LogP contribution >= 0.6 is 0 Å². The van der Waals surface area contributed by atoms with Crippen LogP contribution in [-0.2, 0) is 14.8 Å². The monoisotopic (exact) mass is 407 g/mol. The largest absolute Gasteiger partial charge is 0.325 e. The predicted molar refractivity (Wildman–Crippen MR) is 108 cm³/mol. The molecule has 0 aliphatic rings. The van der Waals surface area contributed by atoms with Gasteiger partial charge in [-0.2, -0.15) is 4.31 Å². The van der Waals surface area contributed by atoms with E-state index in [2.05, 4.69) is 10.6 Å². The molecule has 0 saturated heterocycles. The van der Waals surface area contributed by atoms with Crippen LogP contribution in [0.15, 0.2) is 53.4 Å². The third kappa shape index (κ3) is 5.60. The minimum atomic E-state index is -3.48. The Morgan fingerprint density at radius 3 is 2.14 bits per heavy atom. The molecule has 0 unspecified atom stereocenters. The van der Waals surface area contributed by atoms with Crippen molar-refractivity contribution in [1.29, 1.82) is 0 Å². The highest BCUT2D eigenvalue weighted by molar-refractivity contribution is 7.89. The van der Waals surface area contributed by atoms with E-state index in [0.717, 1.165) is 5.56 Å². The van der Waals surface area contributed by atoms with Gasteiger partial charge >= 0.3 is 0 Å². The number of carbonyl (C=O) groups is 1. The molecule has 8 heteroatoms. The van der Waals surface area contributed by atoms with Crippen molar-refractivity contribution in [2.24, 2.45) is 0 Å². The fourth-order valence-corrected chi connectivity index (χ4v) is 4.20. The lowest BCUT2D eigenvalue weighted by atomic mass is 10.1. The molecule has 6 nitrogen and oxygen atoms in total. The topological polar surface area (TPSA) is 78.5 Å². The van der Waals surface area contributed by atoms with Crippen molar-refractivity contribution < 1.29 is 17.6 Å². The van der Waals surface area contributed by atoms with Gasteiger partial charge in [0.2, 0.25) is 15.9 Å². The average molecular weight is 408 g/mol. The van der Waals surface area contributed by atoms with Gasteiger partial charge in [-0.3, -0.25) is 4.79 Å². The van der Waals surface area contributed by atoms with Crippen LogP contribution in [0.4, 0.5) is 10.1 Å². The van der Waals surface area contributed by atoms with Crippen LogP contribution in [0.5, 0.6) is 0 Å². The SMILES string of the molecule is CCN(CC)S(=O)(=O)c1ccc([C@@H](C)NCC(=O)Nc2ccc(F)cc2)cc1. The molecule has 28 heavy (non-hydrogen) atoms. The van der Waals surface area contributed by atoms with E-state index in [1.807, 2.05) is 6.92 Å². The number of carbonyl (C=O) groups excluding carboxylic acids is 1. The first-order valence-electron chi connectivity index (χ1n) is 9.16. The lowest BCUT2D eigenvalue weighted by Gasteiger charge is -2.19. The molecule has 2 aromatic carbocycles. The Labute approximate surface area is 165 Å². The highest BCUT2D eigenvalue weighted by Crippen LogP contribution is 2.19. The molecule has 152 valence electrons. The average Bonchev–Trinajstić information content (AvgIpc) is 2.68. The molecule has 2 rings (SSSR count). The first-order chi connectivity index (χ1) is 13.3. The summed E-state index contributed by atoms with van der Waals surface area (Å²) < 4.78 is 39.3. The number of hydrogen-bond donors (Lipinski definition) is 2. The Balaban J connectivity index is 1.94. The summed E-state index contributed by atoms with van der Waals surface area (Å²) in [4.78, 5) is 12.3. The molecule has 0 aromatic heterocycles. The standard InChI is InChI=1S/C20H26FN3O3S/c1-4-24(5-2)28(26,27)19-12-6-16(7-13-19)15(3)22-14-20(25)23-18-10-8-17(21)9-11-18/h6-13,15,22H,4-5,14H2,1-3H3,(H,23,25)/t15-/m1/s1. The molecule has 1 atom stereocenters. The number of amides is 1. The van der Waals surface area contributed by atoms with E-state index in [1.54, 1.807) is 38.1 Å². The van der Waals surface area contributed by atoms with Gasteiger partial charge in [0, 0.05) is 24.8 Å². The van der Waals surface area contributed by atoms with Crippen molar-refractivity contribution in [2.75, 3.05) is 25.0 Å². The van der Waals surface area contributed by atoms with Crippen LogP contribution < -0.4 is 10.6 Å². The van der Waals surface area contributed by atoms with Crippen LogP contribution in [0.1, 0.15) is 32.4 Å². The van der Waals surface area contributed by atoms with Gasteiger partial charge < -0.3 is 10.6 Å². The zero-order valence-electron chi connectivity index (χ0n) is 16.3. The van der Waals surface area contributed by atoms with Gasteiger partial charge in [0.05, 0.1) is 11.4 Å². The first kappa shape index (κ1) is 22.0. The molecule has 0 bridgehead atoms. The van der Waals surface area contributed by atoms with E-state index in [1.165, 1.54) is 28.6 Å². The second kappa shape index (κ2) is 9.77. The van der Waals surface area contributed by atoms with E-state index < -0.39 is 10.0 Å². The Morgan fingerprint density at radius 2 is 1.61 bits per heavy atom. The van der Waals surface area contributed by atoms with E-state index in [0.29, 0.717) is 18.8 Å². The molecular weight excluding hydrogens is 381 g/mol. The fourth-order valence-electron chi connectivity index (χ4n) is 2.74. The minimum absolute atomic E-state index is 0.0675. The van der Waals surface area contributed by atoms with Crippen molar-refractivity contribution in [2.45, 2.75) is 31.7 Å². The molecule has 0 aliphatic carbocycles. The van der Waals surface area contributed by atoms with Crippen LogP contribution in [-0.4, -0.2) is 38.3 Å². The Kier molecular flexibility index (Phi) is 7.68. The van der Waals surface area contributed by atoms with Gasteiger partial charge in [0.1, 0.15) is 5.82 Å². The number of anilines is 1. The Morgan fingerprint density at radius 1 is 1.04 bits per heavy atom. The lowest BCUT2D eigenvalue weighted by Crippen LogP contribution is -2.31. The molecular formula is C20H26FN3O3S. The third-order valence-corrected chi connectivity index (χ3v) is 6.48. The minimum Gasteiger partial charge on any atom is -0.325 e. The number of sulfonamides is 1. The Bertz CT molecular complexity index is 880. The van der Waals surface area contributed by atoms with Crippen molar-refractivity contribution in [3.05, 3.63) is 59.9 Å². The highest BCUT2D eigenvalue weighted by atomic mass is 32.2. The summed E-state index contributed by atoms with van der Waals surface area (Å²) in [7, 11) is -3.48. The highest BCUT2D eigenvalue weighted by Gasteiger charge is 2.21. The van der Waals surface area contributed by atoms with Gasteiger partial charge in [-0.05, 0) is 48.9 Å². The second-order valence-electron chi connectivity index (χ2n) is 6.32. The second-order valence-corrected chi connectivity index (χ2v) is 8.25. The number of nitrogens with one attached hydrogen (secondary N) is 2. The maximum atomic E-state index is 12.9. The van der Waals surface area contributed by atoms with E-state index in [-0.39, 0.29) is 29.2 Å². The summed E-state index contributed by atoms with van der Waals surface area (Å²) in [6.45, 7) is 6.40. The van der Waals surface area contributed by atoms with Crippen LogP contribution in [0.2, 0.25) is 0 Å². The summed E-state index contributed by atoms with van der Waals surface area (Å²) in [5.41, 5.74) is 1.39. The molecule has 1 amide bonds. The number of hydrogen-bond acceptors (Lipinski definition) is 4. The zero-order valence-corrected chi connectivity index (χ0v) is 17.1. The smallest absolute Gasteiger partial charge is 0.243 e. The molecule has 0 saturated carbocycles. The molecule has 2 aromatic rings. The maximum absolute atomic E-state index is 12.9. The van der Waals surface area contributed by atoms with Gasteiger partial charge in [-0.1, -0.05) is 26.0 Å². The van der Waals surface area contributed by atoms with Gasteiger partial charge in [0.25, 0.3) is 0 Å². The van der Waals surface area contributed by atoms with Gasteiger partial charge in [-0.15, -0.1) is 0 Å². The fraction of sp³-hybridized carbons (Fsp3) is 0.350. The number of benzene rings is 2. The lowest BCUT2D eigenvalue weighted by molar-refractivity contribution is -0.115. The summed E-state index contributed by atoms with van der Waals surface area (Å²) in [5.74, 6) is -0.615. The van der Waals surface area contributed by atoms with Gasteiger partial charge in [0.15, 0.2) is 0 Å². The number of rotatable bonds is 9. The van der Waals surface area contributed by atoms with Crippen LogP contribution in [0.3, 0.4) is 0 Å². The molecule has 0 radical (unpaired) electrons. The molecule has 0 heterocycles. The van der Waals surface area contributed by atoms with E-state index in [4.69, 9.17) is 0 Å². The van der Waals surface area contributed by atoms with Crippen LogP contribution in [0.25, 0.3) is 0 Å². The molecule has 0 fully saturated rings. The zero-order chi connectivity index (χ0) is 20.7. The van der Waals surface area contributed by atoms with Crippen molar-refractivity contribution in [3.8, 4) is 0 Å².